The van der Waals surface area contributed by atoms with Crippen LogP contribution in [0.15, 0.2) is 46.7 Å². The lowest BCUT2D eigenvalue weighted by Gasteiger charge is -2.26. The van der Waals surface area contributed by atoms with Crippen molar-refractivity contribution in [3.05, 3.63) is 46.7 Å². The highest BCUT2D eigenvalue weighted by Crippen LogP contribution is 2.30. The third kappa shape index (κ3) is 4.81. The van der Waals surface area contributed by atoms with Crippen LogP contribution in [0.3, 0.4) is 0 Å². The Morgan fingerprint density at radius 1 is 1.18 bits per heavy atom. The van der Waals surface area contributed by atoms with Crippen LogP contribution in [0.25, 0.3) is 6.08 Å². The lowest BCUT2D eigenvalue weighted by Crippen LogP contribution is -2.35. The standard InChI is InChI=1S/C20H25N3O3S2/c1-22(2)19-10-9-17(28(25,26)23-12-4-3-5-13-23)15-18(19)21-20(24)11-8-16-7-6-14-27-16/h6-11,14-15H,3-5,12-13H2,1-2H3,(H,21,24). The Labute approximate surface area is 170 Å². The van der Waals surface area contributed by atoms with E-state index >= 15 is 0 Å². The number of benzene rings is 1. The van der Waals surface area contributed by atoms with Gasteiger partial charge in [-0.1, -0.05) is 12.5 Å². The summed E-state index contributed by atoms with van der Waals surface area (Å²) in [6.07, 6.45) is 6.02. The molecule has 8 heteroatoms. The normalized spacial score (nSPS) is 15.6. The number of hydrogen-bond donors (Lipinski definition) is 1. The molecule has 0 bridgehead atoms. The number of nitrogens with zero attached hydrogens (tertiary/aromatic N) is 2. The molecule has 0 spiro atoms. The van der Waals surface area contributed by atoms with Gasteiger partial charge in [0.2, 0.25) is 15.9 Å². The summed E-state index contributed by atoms with van der Waals surface area (Å²) in [6.45, 7) is 1.09. The zero-order valence-electron chi connectivity index (χ0n) is 16.1. The molecular formula is C20H25N3O3S2. The van der Waals surface area contributed by atoms with Gasteiger partial charge in [-0.3, -0.25) is 4.79 Å². The number of sulfonamides is 1. The van der Waals surface area contributed by atoms with Crippen LogP contribution in [0.2, 0.25) is 0 Å². The molecule has 0 unspecified atom stereocenters. The second kappa shape index (κ2) is 8.89. The molecule has 6 nitrogen and oxygen atoms in total. The Morgan fingerprint density at radius 2 is 1.93 bits per heavy atom. The van der Waals surface area contributed by atoms with Gasteiger partial charge in [-0.15, -0.1) is 11.3 Å². The summed E-state index contributed by atoms with van der Waals surface area (Å²) in [7, 11) is 0.142. The third-order valence-corrected chi connectivity index (χ3v) is 7.33. The highest BCUT2D eigenvalue weighted by atomic mass is 32.2. The fourth-order valence-corrected chi connectivity index (χ4v) is 5.30. The average molecular weight is 420 g/mol. The van der Waals surface area contributed by atoms with Crippen LogP contribution in [0.4, 0.5) is 11.4 Å². The maximum atomic E-state index is 13.0. The molecule has 1 aromatic carbocycles. The number of piperidine rings is 1. The van der Waals surface area contributed by atoms with Gasteiger partial charge in [-0.05, 0) is 48.6 Å². The van der Waals surface area contributed by atoms with E-state index in [1.807, 2.05) is 36.5 Å². The zero-order chi connectivity index (χ0) is 20.1. The van der Waals surface area contributed by atoms with Crippen molar-refractivity contribution in [2.75, 3.05) is 37.4 Å². The Morgan fingerprint density at radius 3 is 2.57 bits per heavy atom. The number of nitrogens with one attached hydrogen (secondary N) is 1. The minimum atomic E-state index is -3.56. The van der Waals surface area contributed by atoms with Crippen LogP contribution in [0.5, 0.6) is 0 Å². The third-order valence-electron chi connectivity index (χ3n) is 4.60. The number of thiophene rings is 1. The molecule has 0 atom stereocenters. The van der Waals surface area contributed by atoms with E-state index < -0.39 is 10.0 Å². The van der Waals surface area contributed by atoms with Crippen LogP contribution in [-0.2, 0) is 14.8 Å². The van der Waals surface area contributed by atoms with Gasteiger partial charge in [0.1, 0.15) is 0 Å². The molecule has 1 aliphatic heterocycles. The quantitative estimate of drug-likeness (QED) is 0.726. The van der Waals surface area contributed by atoms with Crippen molar-refractivity contribution in [1.82, 2.24) is 4.31 Å². The van der Waals surface area contributed by atoms with Crippen molar-refractivity contribution in [2.24, 2.45) is 0 Å². The molecule has 3 rings (SSSR count). The van der Waals surface area contributed by atoms with E-state index in [1.165, 1.54) is 10.4 Å². The van der Waals surface area contributed by atoms with Gasteiger partial charge < -0.3 is 10.2 Å². The maximum Gasteiger partial charge on any atom is 0.248 e. The molecule has 1 aromatic heterocycles. The second-order valence-corrected chi connectivity index (χ2v) is 9.79. The Hall–Kier alpha value is -2.16. The predicted molar refractivity (Wildman–Crippen MR) is 115 cm³/mol. The van der Waals surface area contributed by atoms with Crippen molar-refractivity contribution < 1.29 is 13.2 Å². The first kappa shape index (κ1) is 20.6. The van der Waals surface area contributed by atoms with E-state index in [-0.39, 0.29) is 10.8 Å². The number of carbonyl (C=O) groups excluding carboxylic acids is 1. The average Bonchev–Trinajstić information content (AvgIpc) is 3.20. The summed E-state index contributed by atoms with van der Waals surface area (Å²) < 4.78 is 27.5. The van der Waals surface area contributed by atoms with E-state index in [0.29, 0.717) is 18.8 Å². The van der Waals surface area contributed by atoms with Crippen molar-refractivity contribution in [3.8, 4) is 0 Å². The number of rotatable bonds is 6. The summed E-state index contributed by atoms with van der Waals surface area (Å²) in [5.74, 6) is -0.302. The minimum Gasteiger partial charge on any atom is -0.376 e. The van der Waals surface area contributed by atoms with E-state index in [0.717, 1.165) is 29.8 Å². The van der Waals surface area contributed by atoms with Crippen molar-refractivity contribution in [2.45, 2.75) is 24.2 Å². The number of amides is 1. The first-order chi connectivity index (χ1) is 13.4. The minimum absolute atomic E-state index is 0.206. The summed E-state index contributed by atoms with van der Waals surface area (Å²) in [4.78, 5) is 15.4. The highest BCUT2D eigenvalue weighted by molar-refractivity contribution is 7.89. The summed E-state index contributed by atoms with van der Waals surface area (Å²) >= 11 is 1.54. The Bertz CT molecular complexity index is 945. The van der Waals surface area contributed by atoms with E-state index in [1.54, 1.807) is 35.6 Å². The van der Waals surface area contributed by atoms with Crippen molar-refractivity contribution >= 4 is 44.7 Å². The second-order valence-electron chi connectivity index (χ2n) is 6.88. The van der Waals surface area contributed by atoms with E-state index in [4.69, 9.17) is 0 Å². The molecule has 2 heterocycles. The summed E-state index contributed by atoms with van der Waals surface area (Å²) in [6, 6.07) is 8.73. The SMILES string of the molecule is CN(C)c1ccc(S(=O)(=O)N2CCCCC2)cc1NC(=O)C=Cc1cccs1. The van der Waals surface area contributed by atoms with Gasteiger partial charge in [0.05, 0.1) is 16.3 Å². The van der Waals surface area contributed by atoms with Crippen LogP contribution in [0, 0.1) is 0 Å². The van der Waals surface area contributed by atoms with Gasteiger partial charge in [0.15, 0.2) is 0 Å². The molecule has 1 fully saturated rings. The van der Waals surface area contributed by atoms with Crippen LogP contribution in [-0.4, -0.2) is 45.8 Å². The molecular weight excluding hydrogens is 394 g/mol. The van der Waals surface area contributed by atoms with Gasteiger partial charge in [-0.25, -0.2) is 8.42 Å². The molecule has 0 radical (unpaired) electrons. The first-order valence-corrected chi connectivity index (χ1v) is 11.5. The predicted octanol–water partition coefficient (Wildman–Crippen LogP) is 3.64. The molecule has 0 saturated carbocycles. The van der Waals surface area contributed by atoms with Crippen LogP contribution in [0.1, 0.15) is 24.1 Å². The van der Waals surface area contributed by atoms with Crippen LogP contribution >= 0.6 is 11.3 Å². The van der Waals surface area contributed by atoms with Crippen molar-refractivity contribution in [1.29, 1.82) is 0 Å². The zero-order valence-corrected chi connectivity index (χ0v) is 17.7. The highest BCUT2D eigenvalue weighted by Gasteiger charge is 2.26. The molecule has 2 aromatic rings. The van der Waals surface area contributed by atoms with E-state index in [9.17, 15) is 13.2 Å². The number of carbonyl (C=O) groups is 1. The molecule has 1 aliphatic rings. The van der Waals surface area contributed by atoms with Gasteiger partial charge in [0.25, 0.3) is 0 Å². The largest absolute Gasteiger partial charge is 0.376 e. The molecule has 1 N–H and O–H groups in total. The van der Waals surface area contributed by atoms with Crippen molar-refractivity contribution in [3.63, 3.8) is 0 Å². The smallest absolute Gasteiger partial charge is 0.248 e. The monoisotopic (exact) mass is 419 g/mol. The lowest BCUT2D eigenvalue weighted by atomic mass is 10.2. The summed E-state index contributed by atoms with van der Waals surface area (Å²) in [5, 5.41) is 4.77. The first-order valence-electron chi connectivity index (χ1n) is 9.22. The van der Waals surface area contributed by atoms with Crippen LogP contribution < -0.4 is 10.2 Å². The van der Waals surface area contributed by atoms with Gasteiger partial charge >= 0.3 is 0 Å². The Kier molecular flexibility index (Phi) is 6.53. The number of anilines is 2. The molecule has 0 aliphatic carbocycles. The fourth-order valence-electron chi connectivity index (χ4n) is 3.14. The Balaban J connectivity index is 1.86. The van der Waals surface area contributed by atoms with Gasteiger partial charge in [-0.2, -0.15) is 4.31 Å². The van der Waals surface area contributed by atoms with E-state index in [2.05, 4.69) is 5.32 Å². The molecule has 150 valence electrons. The molecule has 1 amide bonds. The lowest BCUT2D eigenvalue weighted by molar-refractivity contribution is -0.111. The fraction of sp³-hybridized carbons (Fsp3) is 0.350. The maximum absolute atomic E-state index is 13.0. The topological polar surface area (TPSA) is 69.7 Å². The van der Waals surface area contributed by atoms with Gasteiger partial charge in [0, 0.05) is 38.1 Å². The number of hydrogen-bond acceptors (Lipinski definition) is 5. The molecule has 28 heavy (non-hydrogen) atoms. The summed E-state index contributed by atoms with van der Waals surface area (Å²) in [5.41, 5.74) is 1.22. The molecule has 1 saturated heterocycles.